The summed E-state index contributed by atoms with van der Waals surface area (Å²) in [7, 11) is 0. The van der Waals surface area contributed by atoms with Crippen LogP contribution in [0.1, 0.15) is 40.7 Å². The SMILES string of the molecule is CCc1ccc(C(=O)CC2CCCO2)s1. The fourth-order valence-electron chi connectivity index (χ4n) is 1.83. The standard InChI is InChI=1S/C12H16O2S/c1-2-10-5-6-12(15-10)11(13)8-9-4-3-7-14-9/h5-6,9H,2-4,7-8H2,1H3. The first-order chi connectivity index (χ1) is 7.29. The number of thiophene rings is 1. The molecule has 1 aliphatic heterocycles. The third kappa shape index (κ3) is 2.67. The number of rotatable bonds is 4. The number of hydrogen-bond acceptors (Lipinski definition) is 3. The average Bonchev–Trinajstić information content (AvgIpc) is 2.86. The van der Waals surface area contributed by atoms with E-state index in [1.807, 2.05) is 12.1 Å². The van der Waals surface area contributed by atoms with Gasteiger partial charge in [0.05, 0.1) is 11.0 Å². The Labute approximate surface area is 94.3 Å². The van der Waals surface area contributed by atoms with Crippen LogP contribution in [-0.4, -0.2) is 18.5 Å². The molecule has 0 amide bonds. The lowest BCUT2D eigenvalue weighted by molar-refractivity contribution is 0.0779. The van der Waals surface area contributed by atoms with Gasteiger partial charge in [0, 0.05) is 17.9 Å². The molecule has 82 valence electrons. The van der Waals surface area contributed by atoms with Crippen LogP contribution in [0.4, 0.5) is 0 Å². The summed E-state index contributed by atoms with van der Waals surface area (Å²) in [6.07, 6.45) is 3.88. The van der Waals surface area contributed by atoms with Gasteiger partial charge < -0.3 is 4.74 Å². The molecule has 1 aromatic rings. The summed E-state index contributed by atoms with van der Waals surface area (Å²) >= 11 is 1.62. The molecule has 1 atom stereocenters. The van der Waals surface area contributed by atoms with Crippen LogP contribution >= 0.6 is 11.3 Å². The van der Waals surface area contributed by atoms with Gasteiger partial charge in [0.25, 0.3) is 0 Å². The molecule has 2 nitrogen and oxygen atoms in total. The molecule has 1 saturated heterocycles. The smallest absolute Gasteiger partial charge is 0.175 e. The van der Waals surface area contributed by atoms with Crippen LogP contribution in [0.15, 0.2) is 12.1 Å². The minimum Gasteiger partial charge on any atom is -0.378 e. The van der Waals surface area contributed by atoms with Gasteiger partial charge in [-0.05, 0) is 31.4 Å². The van der Waals surface area contributed by atoms with Crippen LogP contribution in [0.5, 0.6) is 0 Å². The largest absolute Gasteiger partial charge is 0.378 e. The molecule has 0 aromatic carbocycles. The second-order valence-corrected chi connectivity index (χ2v) is 5.05. The van der Waals surface area contributed by atoms with Crippen LogP contribution in [0.2, 0.25) is 0 Å². The van der Waals surface area contributed by atoms with E-state index >= 15 is 0 Å². The van der Waals surface area contributed by atoms with Crippen LogP contribution in [0, 0.1) is 0 Å². The number of carbonyl (C=O) groups is 1. The van der Waals surface area contributed by atoms with E-state index < -0.39 is 0 Å². The highest BCUT2D eigenvalue weighted by atomic mass is 32.1. The van der Waals surface area contributed by atoms with E-state index in [1.54, 1.807) is 11.3 Å². The quantitative estimate of drug-likeness (QED) is 0.735. The van der Waals surface area contributed by atoms with Gasteiger partial charge in [-0.3, -0.25) is 4.79 Å². The monoisotopic (exact) mass is 224 g/mol. The van der Waals surface area contributed by atoms with E-state index in [1.165, 1.54) is 4.88 Å². The van der Waals surface area contributed by atoms with Crippen molar-refractivity contribution in [1.82, 2.24) is 0 Å². The average molecular weight is 224 g/mol. The van der Waals surface area contributed by atoms with E-state index in [-0.39, 0.29) is 11.9 Å². The Morgan fingerprint density at radius 3 is 3.07 bits per heavy atom. The van der Waals surface area contributed by atoms with Crippen molar-refractivity contribution in [2.24, 2.45) is 0 Å². The van der Waals surface area contributed by atoms with Crippen molar-refractivity contribution in [3.63, 3.8) is 0 Å². The highest BCUT2D eigenvalue weighted by Crippen LogP contribution is 2.22. The molecule has 1 aromatic heterocycles. The zero-order chi connectivity index (χ0) is 10.7. The molecule has 0 saturated carbocycles. The predicted octanol–water partition coefficient (Wildman–Crippen LogP) is 3.06. The van der Waals surface area contributed by atoms with Crippen molar-refractivity contribution >= 4 is 17.1 Å². The van der Waals surface area contributed by atoms with E-state index in [4.69, 9.17) is 4.74 Å². The number of ketones is 1. The first kappa shape index (κ1) is 10.8. The Kier molecular flexibility index (Phi) is 3.54. The number of hydrogen-bond donors (Lipinski definition) is 0. The van der Waals surface area contributed by atoms with Gasteiger partial charge in [0.2, 0.25) is 0 Å². The zero-order valence-electron chi connectivity index (χ0n) is 8.99. The van der Waals surface area contributed by atoms with E-state index in [2.05, 4.69) is 6.92 Å². The summed E-state index contributed by atoms with van der Waals surface area (Å²) in [4.78, 5) is 14.0. The molecule has 15 heavy (non-hydrogen) atoms. The molecule has 0 aliphatic carbocycles. The lowest BCUT2D eigenvalue weighted by Gasteiger charge is -2.06. The van der Waals surface area contributed by atoms with Gasteiger partial charge in [-0.2, -0.15) is 0 Å². The zero-order valence-corrected chi connectivity index (χ0v) is 9.81. The molecule has 2 rings (SSSR count). The van der Waals surface area contributed by atoms with Crippen LogP contribution in [-0.2, 0) is 11.2 Å². The Hall–Kier alpha value is -0.670. The molecule has 2 heterocycles. The molecule has 0 N–H and O–H groups in total. The molecule has 1 unspecified atom stereocenters. The summed E-state index contributed by atoms with van der Waals surface area (Å²) < 4.78 is 5.46. The number of Topliss-reactive ketones (excluding diaryl/α,β-unsaturated/α-hetero) is 1. The van der Waals surface area contributed by atoms with Crippen molar-refractivity contribution in [2.75, 3.05) is 6.61 Å². The third-order valence-corrected chi connectivity index (χ3v) is 3.99. The van der Waals surface area contributed by atoms with E-state index in [0.29, 0.717) is 6.42 Å². The summed E-state index contributed by atoms with van der Waals surface area (Å²) in [6, 6.07) is 3.99. The molecule has 1 fully saturated rings. The Balaban J connectivity index is 1.94. The number of carbonyl (C=O) groups excluding carboxylic acids is 1. The molecular weight excluding hydrogens is 208 g/mol. The highest BCUT2D eigenvalue weighted by Gasteiger charge is 2.20. The minimum absolute atomic E-state index is 0.171. The maximum Gasteiger partial charge on any atom is 0.175 e. The van der Waals surface area contributed by atoms with Crippen LogP contribution in [0.3, 0.4) is 0 Å². The Morgan fingerprint density at radius 2 is 2.47 bits per heavy atom. The molecule has 0 radical (unpaired) electrons. The van der Waals surface area contributed by atoms with Crippen molar-refractivity contribution in [1.29, 1.82) is 0 Å². The van der Waals surface area contributed by atoms with Gasteiger partial charge in [-0.1, -0.05) is 6.92 Å². The third-order valence-electron chi connectivity index (χ3n) is 2.72. The number of aryl methyl sites for hydroxylation is 1. The van der Waals surface area contributed by atoms with E-state index in [9.17, 15) is 4.79 Å². The maximum atomic E-state index is 11.9. The second kappa shape index (κ2) is 4.90. The molecule has 0 bridgehead atoms. The topological polar surface area (TPSA) is 26.3 Å². The summed E-state index contributed by atoms with van der Waals surface area (Å²) in [5.41, 5.74) is 0. The van der Waals surface area contributed by atoms with Gasteiger partial charge in [-0.25, -0.2) is 0 Å². The summed E-state index contributed by atoms with van der Waals surface area (Å²) in [5, 5.41) is 0. The molecular formula is C12H16O2S. The second-order valence-electron chi connectivity index (χ2n) is 3.88. The van der Waals surface area contributed by atoms with Gasteiger partial charge in [0.1, 0.15) is 0 Å². The van der Waals surface area contributed by atoms with Crippen LogP contribution in [0.25, 0.3) is 0 Å². The molecule has 1 aliphatic rings. The first-order valence-electron chi connectivity index (χ1n) is 5.53. The predicted molar refractivity (Wildman–Crippen MR) is 61.6 cm³/mol. The molecule has 3 heteroatoms. The van der Waals surface area contributed by atoms with Gasteiger partial charge in [-0.15, -0.1) is 11.3 Å². The van der Waals surface area contributed by atoms with Crippen molar-refractivity contribution in [3.05, 3.63) is 21.9 Å². The minimum atomic E-state index is 0.171. The lowest BCUT2D eigenvalue weighted by Crippen LogP contribution is -2.11. The Morgan fingerprint density at radius 1 is 1.60 bits per heavy atom. The maximum absolute atomic E-state index is 11.9. The fraction of sp³-hybridized carbons (Fsp3) is 0.583. The number of ether oxygens (including phenoxy) is 1. The lowest BCUT2D eigenvalue weighted by atomic mass is 10.1. The van der Waals surface area contributed by atoms with E-state index in [0.717, 1.165) is 30.7 Å². The normalized spacial score (nSPS) is 20.7. The summed E-state index contributed by atoms with van der Waals surface area (Å²) in [5.74, 6) is 0.242. The van der Waals surface area contributed by atoms with Crippen molar-refractivity contribution in [2.45, 2.75) is 38.7 Å². The van der Waals surface area contributed by atoms with Gasteiger partial charge >= 0.3 is 0 Å². The van der Waals surface area contributed by atoms with Crippen molar-refractivity contribution < 1.29 is 9.53 Å². The van der Waals surface area contributed by atoms with Crippen LogP contribution < -0.4 is 0 Å². The Bertz CT molecular complexity index is 337. The van der Waals surface area contributed by atoms with Gasteiger partial charge in [0.15, 0.2) is 5.78 Å². The molecule has 0 spiro atoms. The van der Waals surface area contributed by atoms with Crippen molar-refractivity contribution in [3.8, 4) is 0 Å². The highest BCUT2D eigenvalue weighted by molar-refractivity contribution is 7.14. The fourth-order valence-corrected chi connectivity index (χ4v) is 2.73. The first-order valence-corrected chi connectivity index (χ1v) is 6.34. The summed E-state index contributed by atoms with van der Waals surface area (Å²) in [6.45, 7) is 2.93.